The highest BCUT2D eigenvalue weighted by Crippen LogP contribution is 2.24. The Morgan fingerprint density at radius 1 is 1.06 bits per heavy atom. The second-order valence-corrected chi connectivity index (χ2v) is 9.90. The van der Waals surface area contributed by atoms with Gasteiger partial charge >= 0.3 is 0 Å². The number of carbonyl (C=O) groups excluding carboxylic acids is 2. The highest BCUT2D eigenvalue weighted by molar-refractivity contribution is 7.89. The quantitative estimate of drug-likeness (QED) is 0.563. The first-order chi connectivity index (χ1) is 15.6. The van der Waals surface area contributed by atoms with E-state index in [1.54, 1.807) is 6.92 Å². The molecular weight excluding hydrogens is 456 g/mol. The maximum Gasteiger partial charge on any atom is 0.255 e. The van der Waals surface area contributed by atoms with Crippen LogP contribution in [0.15, 0.2) is 36.4 Å². The summed E-state index contributed by atoms with van der Waals surface area (Å²) in [5.41, 5.74) is -0.125. The van der Waals surface area contributed by atoms with Crippen molar-refractivity contribution in [3.05, 3.63) is 59.2 Å². The largest absolute Gasteiger partial charge is 0.507 e. The third-order valence-electron chi connectivity index (χ3n) is 5.27. The molecule has 33 heavy (non-hydrogen) atoms. The van der Waals surface area contributed by atoms with E-state index in [4.69, 9.17) is 0 Å². The van der Waals surface area contributed by atoms with E-state index in [2.05, 4.69) is 10.6 Å². The van der Waals surface area contributed by atoms with Crippen LogP contribution in [0.2, 0.25) is 0 Å². The van der Waals surface area contributed by atoms with Crippen LogP contribution in [0.4, 0.5) is 14.5 Å². The third kappa shape index (κ3) is 6.26. The Bertz CT molecular complexity index is 1130. The zero-order chi connectivity index (χ0) is 24.2. The fourth-order valence-corrected chi connectivity index (χ4v) is 5.16. The van der Waals surface area contributed by atoms with E-state index in [1.807, 2.05) is 0 Å². The van der Waals surface area contributed by atoms with Gasteiger partial charge in [-0.05, 0) is 43.5 Å². The van der Waals surface area contributed by atoms with Gasteiger partial charge in [-0.25, -0.2) is 21.5 Å². The summed E-state index contributed by atoms with van der Waals surface area (Å²) in [6, 6.07) is 5.99. The van der Waals surface area contributed by atoms with E-state index in [-0.39, 0.29) is 28.6 Å². The van der Waals surface area contributed by atoms with Crippen molar-refractivity contribution in [3.8, 4) is 5.75 Å². The van der Waals surface area contributed by atoms with Gasteiger partial charge in [-0.15, -0.1) is 0 Å². The molecule has 0 bridgehead atoms. The molecule has 2 aromatic carbocycles. The van der Waals surface area contributed by atoms with Crippen LogP contribution in [-0.4, -0.2) is 54.5 Å². The molecule has 1 aliphatic heterocycles. The van der Waals surface area contributed by atoms with Crippen LogP contribution in [0.5, 0.6) is 5.75 Å². The lowest BCUT2D eigenvalue weighted by atomic mass is 10.1. The zero-order valence-electron chi connectivity index (χ0n) is 18.0. The highest BCUT2D eigenvalue weighted by Gasteiger charge is 2.28. The molecule has 1 heterocycles. The minimum atomic E-state index is -3.28. The van der Waals surface area contributed by atoms with Crippen LogP contribution in [0.1, 0.15) is 46.9 Å². The first kappa shape index (κ1) is 24.6. The standard InChI is InChI=1S/C22H25F2N3O5S/c1-2-9-33(31,32)27-7-5-17(6-8-27)25-22(30)19-4-3-18(13-20(19)28)26-21(29)14-10-15(23)12-16(24)11-14/h3-4,10-13,17,28H,2,5-9H2,1H3,(H,25,30)(H,26,29). The fourth-order valence-electron chi connectivity index (χ4n) is 3.62. The van der Waals surface area contributed by atoms with E-state index in [0.29, 0.717) is 38.4 Å². The molecule has 3 rings (SSSR count). The van der Waals surface area contributed by atoms with Crippen LogP contribution in [0, 0.1) is 11.6 Å². The van der Waals surface area contributed by atoms with Gasteiger partial charge in [0.1, 0.15) is 17.4 Å². The maximum atomic E-state index is 13.3. The van der Waals surface area contributed by atoms with E-state index in [9.17, 15) is 31.9 Å². The number of piperidine rings is 1. The second-order valence-electron chi connectivity index (χ2n) is 7.81. The molecule has 0 unspecified atom stereocenters. The number of sulfonamides is 1. The highest BCUT2D eigenvalue weighted by atomic mass is 32.2. The SMILES string of the molecule is CCCS(=O)(=O)N1CCC(NC(=O)c2ccc(NC(=O)c3cc(F)cc(F)c3)cc2O)CC1. The van der Waals surface area contributed by atoms with Gasteiger partial charge < -0.3 is 15.7 Å². The number of benzene rings is 2. The van der Waals surface area contributed by atoms with Crippen molar-refractivity contribution in [3.63, 3.8) is 0 Å². The molecule has 2 amide bonds. The average molecular weight is 482 g/mol. The molecule has 0 spiro atoms. The fraction of sp³-hybridized carbons (Fsp3) is 0.364. The number of amides is 2. The average Bonchev–Trinajstić information content (AvgIpc) is 2.73. The Morgan fingerprint density at radius 2 is 1.70 bits per heavy atom. The van der Waals surface area contributed by atoms with Gasteiger partial charge in [0.05, 0.1) is 11.3 Å². The molecule has 0 radical (unpaired) electrons. The lowest BCUT2D eigenvalue weighted by molar-refractivity contribution is 0.0920. The maximum absolute atomic E-state index is 13.3. The summed E-state index contributed by atoms with van der Waals surface area (Å²) >= 11 is 0. The Labute approximate surface area is 190 Å². The molecule has 8 nitrogen and oxygen atoms in total. The van der Waals surface area contributed by atoms with Crippen LogP contribution < -0.4 is 10.6 Å². The Kier molecular flexibility index (Phi) is 7.65. The van der Waals surface area contributed by atoms with Crippen molar-refractivity contribution in [1.29, 1.82) is 0 Å². The number of halogens is 2. The molecule has 1 fully saturated rings. The smallest absolute Gasteiger partial charge is 0.255 e. The van der Waals surface area contributed by atoms with Crippen LogP contribution >= 0.6 is 0 Å². The molecule has 0 atom stereocenters. The van der Waals surface area contributed by atoms with Crippen molar-refractivity contribution in [2.75, 3.05) is 24.2 Å². The first-order valence-electron chi connectivity index (χ1n) is 10.5. The van der Waals surface area contributed by atoms with Gasteiger partial charge in [-0.1, -0.05) is 6.92 Å². The van der Waals surface area contributed by atoms with Crippen LogP contribution in [0.25, 0.3) is 0 Å². The van der Waals surface area contributed by atoms with Crippen molar-refractivity contribution in [2.45, 2.75) is 32.2 Å². The summed E-state index contributed by atoms with van der Waals surface area (Å²) in [6.07, 6.45) is 1.44. The van der Waals surface area contributed by atoms with Gasteiger partial charge in [0.15, 0.2) is 0 Å². The van der Waals surface area contributed by atoms with Gasteiger partial charge in [-0.3, -0.25) is 9.59 Å². The van der Waals surface area contributed by atoms with Crippen LogP contribution in [-0.2, 0) is 10.0 Å². The molecule has 0 aliphatic carbocycles. The van der Waals surface area contributed by atoms with E-state index >= 15 is 0 Å². The number of nitrogens with one attached hydrogen (secondary N) is 2. The van der Waals surface area contributed by atoms with Gasteiger partial charge in [0, 0.05) is 42.5 Å². The zero-order valence-corrected chi connectivity index (χ0v) is 18.8. The molecular formula is C22H25F2N3O5S. The van der Waals surface area contributed by atoms with Crippen molar-refractivity contribution < 1.29 is 31.9 Å². The van der Waals surface area contributed by atoms with E-state index in [0.717, 1.165) is 18.2 Å². The Balaban J connectivity index is 1.59. The number of hydrogen-bond acceptors (Lipinski definition) is 5. The lowest BCUT2D eigenvalue weighted by Crippen LogP contribution is -2.47. The molecule has 178 valence electrons. The molecule has 11 heteroatoms. The van der Waals surface area contributed by atoms with Crippen molar-refractivity contribution >= 4 is 27.5 Å². The minimum Gasteiger partial charge on any atom is -0.507 e. The first-order valence-corrected chi connectivity index (χ1v) is 12.1. The number of aromatic hydroxyl groups is 1. The number of nitrogens with zero attached hydrogens (tertiary/aromatic N) is 1. The molecule has 1 aliphatic rings. The predicted octanol–water partition coefficient (Wildman–Crippen LogP) is 2.86. The Morgan fingerprint density at radius 3 is 2.27 bits per heavy atom. The van der Waals surface area contributed by atoms with Gasteiger partial charge in [0.2, 0.25) is 10.0 Å². The van der Waals surface area contributed by atoms with E-state index < -0.39 is 39.2 Å². The number of rotatable bonds is 7. The third-order valence-corrected chi connectivity index (χ3v) is 7.35. The van der Waals surface area contributed by atoms with Crippen molar-refractivity contribution in [1.82, 2.24) is 9.62 Å². The summed E-state index contributed by atoms with van der Waals surface area (Å²) in [5.74, 6) is -3.41. The minimum absolute atomic E-state index is 0.0224. The molecule has 3 N–H and O–H groups in total. The molecule has 0 aromatic heterocycles. The number of phenols is 1. The summed E-state index contributed by atoms with van der Waals surface area (Å²) in [5, 5.41) is 15.4. The normalized spacial score (nSPS) is 15.2. The van der Waals surface area contributed by atoms with Gasteiger partial charge in [0.25, 0.3) is 11.8 Å². The predicted molar refractivity (Wildman–Crippen MR) is 119 cm³/mol. The summed E-state index contributed by atoms with van der Waals surface area (Å²) in [7, 11) is -3.28. The van der Waals surface area contributed by atoms with Crippen LogP contribution in [0.3, 0.4) is 0 Å². The summed E-state index contributed by atoms with van der Waals surface area (Å²) in [6.45, 7) is 2.42. The van der Waals surface area contributed by atoms with Gasteiger partial charge in [-0.2, -0.15) is 0 Å². The molecule has 1 saturated heterocycles. The Hall–Kier alpha value is -3.05. The number of carbonyl (C=O) groups is 2. The topological polar surface area (TPSA) is 116 Å². The monoisotopic (exact) mass is 481 g/mol. The van der Waals surface area contributed by atoms with Crippen molar-refractivity contribution in [2.24, 2.45) is 0 Å². The number of hydrogen-bond donors (Lipinski definition) is 3. The second kappa shape index (κ2) is 10.3. The molecule has 2 aromatic rings. The number of anilines is 1. The van der Waals surface area contributed by atoms with E-state index in [1.165, 1.54) is 16.4 Å². The number of phenolic OH excluding ortho intramolecular Hbond substituents is 1. The summed E-state index contributed by atoms with van der Waals surface area (Å²) < 4.78 is 52.3. The molecule has 0 saturated carbocycles. The lowest BCUT2D eigenvalue weighted by Gasteiger charge is -2.31. The summed E-state index contributed by atoms with van der Waals surface area (Å²) in [4.78, 5) is 24.8.